The van der Waals surface area contributed by atoms with Crippen molar-refractivity contribution >= 4 is 10.0 Å². The summed E-state index contributed by atoms with van der Waals surface area (Å²) in [6, 6.07) is 10.1. The molecule has 5 heteroatoms. The van der Waals surface area contributed by atoms with E-state index in [1.54, 1.807) is 4.31 Å². The van der Waals surface area contributed by atoms with Gasteiger partial charge in [0.1, 0.15) is 0 Å². The van der Waals surface area contributed by atoms with E-state index >= 15 is 0 Å². The van der Waals surface area contributed by atoms with Crippen molar-refractivity contribution in [2.24, 2.45) is 5.92 Å². The van der Waals surface area contributed by atoms with Gasteiger partial charge in [-0.2, -0.15) is 4.31 Å². The molecule has 3 atom stereocenters. The van der Waals surface area contributed by atoms with Crippen molar-refractivity contribution in [3.63, 3.8) is 0 Å². The van der Waals surface area contributed by atoms with Crippen molar-refractivity contribution in [1.82, 2.24) is 9.62 Å². The Kier molecular flexibility index (Phi) is 3.84. The fourth-order valence-corrected chi connectivity index (χ4v) is 5.50. The summed E-state index contributed by atoms with van der Waals surface area (Å²) in [4.78, 5) is 0. The van der Waals surface area contributed by atoms with Crippen molar-refractivity contribution < 1.29 is 8.42 Å². The fourth-order valence-electron chi connectivity index (χ4n) is 3.44. The second kappa shape index (κ2) is 5.47. The summed E-state index contributed by atoms with van der Waals surface area (Å²) in [5.41, 5.74) is 1.09. The average Bonchev–Trinajstić information content (AvgIpc) is 3.01. The van der Waals surface area contributed by atoms with Gasteiger partial charge in [0.05, 0.1) is 5.75 Å². The van der Waals surface area contributed by atoms with Crippen molar-refractivity contribution in [2.45, 2.75) is 25.3 Å². The Bertz CT molecular complexity index is 558. The summed E-state index contributed by atoms with van der Waals surface area (Å²) in [5.74, 6) is 0.756. The van der Waals surface area contributed by atoms with Crippen LogP contribution in [-0.2, 0) is 10.0 Å². The largest absolute Gasteiger partial charge is 0.315 e. The standard InChI is InChI=1S/C15H22N2O2S/c1-12(13-5-3-2-4-6-13)11-20(18,19)17-8-7-14-9-16-10-15(14)17/h2-6,12,14-16H,7-11H2,1H3/t12?,14-,15+/m0/s1. The molecule has 0 saturated carbocycles. The molecule has 1 N–H and O–H groups in total. The normalized spacial score (nSPS) is 28.4. The highest BCUT2D eigenvalue weighted by Crippen LogP contribution is 2.31. The second-order valence-corrected chi connectivity index (χ2v) is 7.94. The van der Waals surface area contributed by atoms with E-state index in [9.17, 15) is 8.42 Å². The van der Waals surface area contributed by atoms with E-state index in [2.05, 4.69) is 5.32 Å². The number of benzene rings is 1. The fraction of sp³-hybridized carbons (Fsp3) is 0.600. The maximum Gasteiger partial charge on any atom is 0.214 e. The monoisotopic (exact) mass is 294 g/mol. The number of rotatable bonds is 4. The molecule has 0 radical (unpaired) electrons. The first-order chi connectivity index (χ1) is 9.58. The lowest BCUT2D eigenvalue weighted by atomic mass is 10.0. The lowest BCUT2D eigenvalue weighted by Crippen LogP contribution is -2.41. The molecular weight excluding hydrogens is 272 g/mol. The highest BCUT2D eigenvalue weighted by Gasteiger charge is 2.43. The minimum absolute atomic E-state index is 0.0367. The molecule has 0 aliphatic carbocycles. The number of hydrogen-bond acceptors (Lipinski definition) is 3. The predicted octanol–water partition coefficient (Wildman–Crippen LogP) is 1.41. The zero-order valence-corrected chi connectivity index (χ0v) is 12.6. The van der Waals surface area contributed by atoms with Crippen molar-refractivity contribution in [3.8, 4) is 0 Å². The predicted molar refractivity (Wildman–Crippen MR) is 80.1 cm³/mol. The van der Waals surface area contributed by atoms with Gasteiger partial charge in [-0.1, -0.05) is 37.3 Å². The third-order valence-electron chi connectivity index (χ3n) is 4.58. The highest BCUT2D eigenvalue weighted by molar-refractivity contribution is 7.89. The molecule has 1 aromatic carbocycles. The van der Waals surface area contributed by atoms with Gasteiger partial charge < -0.3 is 5.32 Å². The Morgan fingerprint density at radius 1 is 1.30 bits per heavy atom. The lowest BCUT2D eigenvalue weighted by Gasteiger charge is -2.24. The van der Waals surface area contributed by atoms with Gasteiger partial charge in [-0.3, -0.25) is 0 Å². The summed E-state index contributed by atoms with van der Waals surface area (Å²) in [5, 5.41) is 3.31. The minimum atomic E-state index is -3.17. The number of hydrogen-bond donors (Lipinski definition) is 1. The van der Waals surface area contributed by atoms with Crippen molar-refractivity contribution in [1.29, 1.82) is 0 Å². The molecule has 1 aromatic rings. The van der Waals surface area contributed by atoms with Gasteiger partial charge in [-0.25, -0.2) is 8.42 Å². The third kappa shape index (κ3) is 2.62. The average molecular weight is 294 g/mol. The second-order valence-electron chi connectivity index (χ2n) is 5.98. The van der Waals surface area contributed by atoms with Crippen molar-refractivity contribution in [3.05, 3.63) is 35.9 Å². The van der Waals surface area contributed by atoms with Crippen LogP contribution < -0.4 is 5.32 Å². The van der Waals surface area contributed by atoms with Crippen LogP contribution >= 0.6 is 0 Å². The van der Waals surface area contributed by atoms with Gasteiger partial charge in [0.2, 0.25) is 10.0 Å². The summed E-state index contributed by atoms with van der Waals surface area (Å²) in [7, 11) is -3.17. The molecule has 0 amide bonds. The zero-order valence-electron chi connectivity index (χ0n) is 11.8. The SMILES string of the molecule is CC(CS(=O)(=O)N1CC[C@H]2CNC[C@H]21)c1ccccc1. The first-order valence-electron chi connectivity index (χ1n) is 7.33. The molecule has 0 bridgehead atoms. The van der Waals surface area contributed by atoms with Gasteiger partial charge in [0, 0.05) is 19.1 Å². The van der Waals surface area contributed by atoms with Gasteiger partial charge in [-0.05, 0) is 30.4 Å². The zero-order chi connectivity index (χ0) is 14.2. The number of sulfonamides is 1. The Morgan fingerprint density at radius 2 is 2.05 bits per heavy atom. The van der Waals surface area contributed by atoms with Gasteiger partial charge in [0.15, 0.2) is 0 Å². The summed E-state index contributed by atoms with van der Waals surface area (Å²) >= 11 is 0. The third-order valence-corrected chi connectivity index (χ3v) is 6.67. The van der Waals surface area contributed by atoms with E-state index in [-0.39, 0.29) is 17.7 Å². The molecular formula is C15H22N2O2S. The first-order valence-corrected chi connectivity index (χ1v) is 8.94. The summed E-state index contributed by atoms with van der Waals surface area (Å²) in [6.45, 7) is 4.46. The van der Waals surface area contributed by atoms with Crippen LogP contribution in [0.2, 0.25) is 0 Å². The maximum absolute atomic E-state index is 12.7. The Hall–Kier alpha value is -0.910. The molecule has 1 unspecified atom stereocenters. The van der Waals surface area contributed by atoms with E-state index < -0.39 is 10.0 Å². The van der Waals surface area contributed by atoms with Crippen LogP contribution in [0.3, 0.4) is 0 Å². The van der Waals surface area contributed by atoms with Gasteiger partial charge in [0.25, 0.3) is 0 Å². The smallest absolute Gasteiger partial charge is 0.214 e. The Balaban J connectivity index is 1.73. The van der Waals surface area contributed by atoms with Crippen LogP contribution in [0.5, 0.6) is 0 Å². The molecule has 2 aliphatic rings. The van der Waals surface area contributed by atoms with E-state index in [0.717, 1.165) is 25.1 Å². The van der Waals surface area contributed by atoms with Crippen LogP contribution in [-0.4, -0.2) is 44.2 Å². The first kappa shape index (κ1) is 14.0. The summed E-state index contributed by atoms with van der Waals surface area (Å²) < 4.78 is 27.1. The van der Waals surface area contributed by atoms with E-state index in [1.807, 2.05) is 37.3 Å². The molecule has 2 heterocycles. The van der Waals surface area contributed by atoms with Crippen LogP contribution in [0, 0.1) is 5.92 Å². The molecule has 0 aromatic heterocycles. The Morgan fingerprint density at radius 3 is 2.80 bits per heavy atom. The molecule has 2 saturated heterocycles. The quantitative estimate of drug-likeness (QED) is 0.913. The van der Waals surface area contributed by atoms with Crippen LogP contribution in [0.15, 0.2) is 30.3 Å². The topological polar surface area (TPSA) is 49.4 Å². The van der Waals surface area contributed by atoms with Gasteiger partial charge >= 0.3 is 0 Å². The summed E-state index contributed by atoms with van der Waals surface area (Å²) in [6.07, 6.45) is 0.997. The van der Waals surface area contributed by atoms with Crippen LogP contribution in [0.1, 0.15) is 24.8 Å². The molecule has 4 nitrogen and oxygen atoms in total. The van der Waals surface area contributed by atoms with E-state index in [4.69, 9.17) is 0 Å². The highest BCUT2D eigenvalue weighted by atomic mass is 32.2. The van der Waals surface area contributed by atoms with Crippen LogP contribution in [0.25, 0.3) is 0 Å². The van der Waals surface area contributed by atoms with E-state index in [0.29, 0.717) is 12.5 Å². The lowest BCUT2D eigenvalue weighted by molar-refractivity contribution is 0.381. The number of fused-ring (bicyclic) bond motifs is 1. The van der Waals surface area contributed by atoms with E-state index in [1.165, 1.54) is 0 Å². The molecule has 2 fully saturated rings. The Labute approximate surface area is 121 Å². The molecule has 3 rings (SSSR count). The number of nitrogens with zero attached hydrogens (tertiary/aromatic N) is 1. The minimum Gasteiger partial charge on any atom is -0.315 e. The van der Waals surface area contributed by atoms with Crippen molar-refractivity contribution in [2.75, 3.05) is 25.4 Å². The van der Waals surface area contributed by atoms with Crippen LogP contribution in [0.4, 0.5) is 0 Å². The number of nitrogens with one attached hydrogen (secondary N) is 1. The molecule has 20 heavy (non-hydrogen) atoms. The molecule has 0 spiro atoms. The molecule has 2 aliphatic heterocycles. The maximum atomic E-state index is 12.7. The molecule has 110 valence electrons. The van der Waals surface area contributed by atoms with Gasteiger partial charge in [-0.15, -0.1) is 0 Å².